The number of hydrogen-bond donors (Lipinski definition) is 2. The number of carbonyl (C=O) groups is 2. The fraction of sp³-hybridized carbons (Fsp3) is 0.529. The van der Waals surface area contributed by atoms with Crippen LogP contribution in [0, 0.1) is 5.41 Å². The van der Waals surface area contributed by atoms with Crippen LogP contribution in [-0.4, -0.2) is 41.3 Å². The molecule has 2 N–H and O–H groups in total. The Morgan fingerprint density at radius 2 is 1.87 bits per heavy atom. The monoisotopic (exact) mass is 318 g/mol. The lowest BCUT2D eigenvalue weighted by Crippen LogP contribution is -2.60. The van der Waals surface area contributed by atoms with Gasteiger partial charge in [0.1, 0.15) is 6.61 Å². The molecule has 2 aliphatic rings. The zero-order valence-corrected chi connectivity index (χ0v) is 13.0. The molecule has 1 aliphatic carbocycles. The van der Waals surface area contributed by atoms with Gasteiger partial charge in [0, 0.05) is 24.5 Å². The number of hydrogen-bond acceptors (Lipinski definition) is 3. The van der Waals surface area contributed by atoms with E-state index in [0.717, 1.165) is 31.2 Å². The molecule has 3 rings (SSSR count). The number of alkyl carbamates (subject to hydrolysis) is 1. The van der Waals surface area contributed by atoms with Crippen molar-refractivity contribution in [2.24, 2.45) is 5.41 Å². The Hall–Kier alpha value is -2.24. The number of ether oxygens (including phenoxy) is 1. The highest BCUT2D eigenvalue weighted by molar-refractivity contribution is 5.68. The highest BCUT2D eigenvalue weighted by Crippen LogP contribution is 2.43. The zero-order chi connectivity index (χ0) is 16.3. The van der Waals surface area contributed by atoms with Gasteiger partial charge in [-0.1, -0.05) is 30.3 Å². The van der Waals surface area contributed by atoms with Crippen LogP contribution < -0.4 is 5.32 Å². The first-order valence-corrected chi connectivity index (χ1v) is 8.01. The van der Waals surface area contributed by atoms with E-state index in [4.69, 9.17) is 9.84 Å². The largest absolute Gasteiger partial charge is 0.465 e. The maximum Gasteiger partial charge on any atom is 0.407 e. The summed E-state index contributed by atoms with van der Waals surface area (Å²) in [7, 11) is 0. The van der Waals surface area contributed by atoms with Crippen molar-refractivity contribution in [3.63, 3.8) is 0 Å². The van der Waals surface area contributed by atoms with Crippen LogP contribution in [0.25, 0.3) is 0 Å². The second kappa shape index (κ2) is 6.48. The van der Waals surface area contributed by atoms with Gasteiger partial charge in [-0.15, -0.1) is 0 Å². The van der Waals surface area contributed by atoms with Crippen LogP contribution in [0.5, 0.6) is 0 Å². The average molecular weight is 318 g/mol. The number of amides is 2. The van der Waals surface area contributed by atoms with Gasteiger partial charge in [-0.25, -0.2) is 9.59 Å². The second-order valence-corrected chi connectivity index (χ2v) is 6.62. The summed E-state index contributed by atoms with van der Waals surface area (Å²) >= 11 is 0. The normalized spacial score (nSPS) is 19.9. The molecule has 1 aromatic rings. The molecule has 1 saturated heterocycles. The third-order valence-electron chi connectivity index (χ3n) is 4.90. The summed E-state index contributed by atoms with van der Waals surface area (Å²) < 4.78 is 5.24. The van der Waals surface area contributed by atoms with Gasteiger partial charge in [-0.05, 0) is 31.2 Å². The molecule has 1 aliphatic heterocycles. The van der Waals surface area contributed by atoms with Crippen LogP contribution in [0.15, 0.2) is 30.3 Å². The first-order chi connectivity index (χ1) is 11.1. The number of carbonyl (C=O) groups excluding carboxylic acids is 1. The van der Waals surface area contributed by atoms with Crippen molar-refractivity contribution in [1.82, 2.24) is 10.2 Å². The summed E-state index contributed by atoms with van der Waals surface area (Å²) in [5.74, 6) is 0. The van der Waals surface area contributed by atoms with Crippen molar-refractivity contribution in [3.05, 3.63) is 35.9 Å². The van der Waals surface area contributed by atoms with Crippen molar-refractivity contribution in [3.8, 4) is 0 Å². The summed E-state index contributed by atoms with van der Waals surface area (Å²) in [5, 5.41) is 11.8. The molecule has 0 aromatic heterocycles. The van der Waals surface area contributed by atoms with Gasteiger partial charge >= 0.3 is 12.2 Å². The molecule has 0 atom stereocenters. The highest BCUT2D eigenvalue weighted by Gasteiger charge is 2.47. The van der Waals surface area contributed by atoms with E-state index in [-0.39, 0.29) is 24.2 Å². The summed E-state index contributed by atoms with van der Waals surface area (Å²) in [6.07, 6.45) is 2.47. The van der Waals surface area contributed by atoms with Crippen LogP contribution in [0.3, 0.4) is 0 Å². The van der Waals surface area contributed by atoms with Gasteiger partial charge in [-0.3, -0.25) is 0 Å². The number of rotatable bonds is 3. The molecule has 124 valence electrons. The van der Waals surface area contributed by atoms with E-state index in [0.29, 0.717) is 13.1 Å². The van der Waals surface area contributed by atoms with Gasteiger partial charge in [0.25, 0.3) is 0 Å². The minimum absolute atomic E-state index is 0.128. The molecule has 1 aromatic carbocycles. The third-order valence-corrected chi connectivity index (χ3v) is 4.90. The van der Waals surface area contributed by atoms with Crippen molar-refractivity contribution in [1.29, 1.82) is 0 Å². The zero-order valence-electron chi connectivity index (χ0n) is 13.0. The standard InChI is InChI=1S/C17H22N2O4/c20-15(23-10-13-4-2-1-3-5-13)18-14-6-8-17(9-7-14)11-19(12-17)16(21)22/h1-5,14H,6-12H2,(H,18,20)(H,21,22). The third kappa shape index (κ3) is 3.75. The fourth-order valence-electron chi connectivity index (χ4n) is 3.52. The first-order valence-electron chi connectivity index (χ1n) is 8.01. The lowest BCUT2D eigenvalue weighted by Gasteiger charge is -2.52. The maximum absolute atomic E-state index is 11.9. The number of nitrogens with one attached hydrogen (secondary N) is 1. The van der Waals surface area contributed by atoms with Crippen molar-refractivity contribution >= 4 is 12.2 Å². The molecule has 2 fully saturated rings. The van der Waals surface area contributed by atoms with Crippen LogP contribution in [0.4, 0.5) is 9.59 Å². The van der Waals surface area contributed by atoms with E-state index >= 15 is 0 Å². The first kappa shape index (κ1) is 15.6. The predicted octanol–water partition coefficient (Wildman–Crippen LogP) is 2.84. The lowest BCUT2D eigenvalue weighted by atomic mass is 9.67. The quantitative estimate of drug-likeness (QED) is 0.898. The van der Waals surface area contributed by atoms with Gasteiger partial charge < -0.3 is 20.1 Å². The summed E-state index contributed by atoms with van der Waals surface area (Å²) in [5.41, 5.74) is 1.11. The van der Waals surface area contributed by atoms with E-state index < -0.39 is 6.09 Å². The Morgan fingerprint density at radius 3 is 2.48 bits per heavy atom. The van der Waals surface area contributed by atoms with Crippen LogP contribution >= 0.6 is 0 Å². The molecular formula is C17H22N2O4. The summed E-state index contributed by atoms with van der Waals surface area (Å²) in [6.45, 7) is 1.54. The topological polar surface area (TPSA) is 78.9 Å². The molecule has 1 heterocycles. The molecule has 0 bridgehead atoms. The maximum atomic E-state index is 11.9. The van der Waals surface area contributed by atoms with E-state index in [9.17, 15) is 9.59 Å². The van der Waals surface area contributed by atoms with Crippen LogP contribution in [0.2, 0.25) is 0 Å². The Morgan fingerprint density at radius 1 is 1.22 bits per heavy atom. The van der Waals surface area contributed by atoms with Gasteiger partial charge in [0.15, 0.2) is 0 Å². The van der Waals surface area contributed by atoms with E-state index in [1.165, 1.54) is 4.90 Å². The molecule has 1 spiro atoms. The van der Waals surface area contributed by atoms with Crippen LogP contribution in [-0.2, 0) is 11.3 Å². The fourth-order valence-corrected chi connectivity index (χ4v) is 3.52. The number of carboxylic acid groups (broad SMARTS) is 1. The molecule has 6 nitrogen and oxygen atoms in total. The highest BCUT2D eigenvalue weighted by atomic mass is 16.5. The van der Waals surface area contributed by atoms with E-state index in [1.54, 1.807) is 0 Å². The Balaban J connectivity index is 1.37. The Kier molecular flexibility index (Phi) is 4.41. The molecule has 6 heteroatoms. The summed E-state index contributed by atoms with van der Waals surface area (Å²) in [6, 6.07) is 9.72. The van der Waals surface area contributed by atoms with Gasteiger partial charge in [-0.2, -0.15) is 0 Å². The van der Waals surface area contributed by atoms with Gasteiger partial charge in [0.05, 0.1) is 0 Å². The van der Waals surface area contributed by atoms with E-state index in [2.05, 4.69) is 5.32 Å². The number of likely N-dealkylation sites (tertiary alicyclic amines) is 1. The van der Waals surface area contributed by atoms with E-state index in [1.807, 2.05) is 30.3 Å². The predicted molar refractivity (Wildman–Crippen MR) is 84.0 cm³/mol. The second-order valence-electron chi connectivity index (χ2n) is 6.62. The SMILES string of the molecule is O=C(NC1CCC2(CC1)CN(C(=O)O)C2)OCc1ccccc1. The van der Waals surface area contributed by atoms with Crippen molar-refractivity contribution < 1.29 is 19.4 Å². The molecule has 0 radical (unpaired) electrons. The molecule has 0 unspecified atom stereocenters. The summed E-state index contributed by atoms with van der Waals surface area (Å²) in [4.78, 5) is 24.2. The molecule has 1 saturated carbocycles. The lowest BCUT2D eigenvalue weighted by molar-refractivity contribution is -0.0205. The molecule has 23 heavy (non-hydrogen) atoms. The Labute approximate surface area is 135 Å². The molecule has 2 amide bonds. The smallest absolute Gasteiger partial charge is 0.407 e. The van der Waals surface area contributed by atoms with Crippen LogP contribution in [0.1, 0.15) is 31.2 Å². The van der Waals surface area contributed by atoms with Crippen molar-refractivity contribution in [2.75, 3.05) is 13.1 Å². The molecular weight excluding hydrogens is 296 g/mol. The van der Waals surface area contributed by atoms with Crippen molar-refractivity contribution in [2.45, 2.75) is 38.3 Å². The number of nitrogens with zero attached hydrogens (tertiary/aromatic N) is 1. The average Bonchev–Trinajstić information content (AvgIpc) is 2.52. The van der Waals surface area contributed by atoms with Gasteiger partial charge in [0.2, 0.25) is 0 Å². The Bertz CT molecular complexity index is 559. The minimum atomic E-state index is -0.833. The number of benzene rings is 1. The minimum Gasteiger partial charge on any atom is -0.465 e.